The van der Waals surface area contributed by atoms with E-state index in [2.05, 4.69) is 0 Å². The Labute approximate surface area is 174 Å². The van der Waals surface area contributed by atoms with E-state index in [0.717, 1.165) is 6.42 Å². The van der Waals surface area contributed by atoms with Crippen molar-refractivity contribution in [1.29, 1.82) is 0 Å². The summed E-state index contributed by atoms with van der Waals surface area (Å²) in [6, 6.07) is 0. The Bertz CT molecular complexity index is 232. The molecule has 0 N–H and O–H groups in total. The van der Waals surface area contributed by atoms with Crippen molar-refractivity contribution < 1.29 is 123 Å². The molecule has 0 bridgehead atoms. The molecule has 1 aliphatic rings. The maximum absolute atomic E-state index is 10.6. The Morgan fingerprint density at radius 1 is 1.00 bits per heavy atom. The molecule has 0 heterocycles. The molecule has 74 valence electrons. The fourth-order valence-corrected chi connectivity index (χ4v) is 1.92. The molecule has 0 aromatic carbocycles. The normalized spacial score (nSPS) is 29.5. The van der Waals surface area contributed by atoms with Gasteiger partial charge in [0.2, 0.25) is 0 Å². The number of carbonyl (C=O) groups is 2. The smallest absolute Gasteiger partial charge is 0.550 e. The van der Waals surface area contributed by atoms with Crippen LogP contribution in [0.4, 0.5) is 0 Å². The number of hydrogen-bond donors (Lipinski definition) is 0. The zero-order valence-electron chi connectivity index (χ0n) is 9.49. The van der Waals surface area contributed by atoms with E-state index < -0.39 is 23.8 Å². The zero-order valence-corrected chi connectivity index (χ0v) is 15.7. The summed E-state index contributed by atoms with van der Waals surface area (Å²) in [6.45, 7) is 1.92. The summed E-state index contributed by atoms with van der Waals surface area (Å²) in [5.41, 5.74) is 0. The molecule has 0 aromatic heterocycles. The second-order valence-electron chi connectivity index (χ2n) is 3.77. The molecule has 1 saturated carbocycles. The Morgan fingerprint density at radius 3 is 1.87 bits per heavy atom. The molecule has 4 nitrogen and oxygen atoms in total. The van der Waals surface area contributed by atoms with E-state index in [1.807, 2.05) is 6.92 Å². The van der Waals surface area contributed by atoms with Gasteiger partial charge in [-0.1, -0.05) is 13.3 Å². The summed E-state index contributed by atoms with van der Waals surface area (Å²) in [4.78, 5) is 21.2. The van der Waals surface area contributed by atoms with Crippen molar-refractivity contribution in [3.8, 4) is 0 Å². The van der Waals surface area contributed by atoms with E-state index in [4.69, 9.17) is 0 Å². The van der Waals surface area contributed by atoms with Crippen molar-refractivity contribution in [1.82, 2.24) is 0 Å². The first-order valence-electron chi connectivity index (χ1n) is 4.44. The number of rotatable bonds is 2. The van der Waals surface area contributed by atoms with Gasteiger partial charge in [0, 0.05) is 23.8 Å². The molecule has 0 spiro atoms. The van der Waals surface area contributed by atoms with Crippen molar-refractivity contribution in [3.63, 3.8) is 0 Å². The molecule has 1 aliphatic carbocycles. The van der Waals surface area contributed by atoms with Gasteiger partial charge in [-0.2, -0.15) is 0 Å². The van der Waals surface area contributed by atoms with Crippen molar-refractivity contribution >= 4 is 11.9 Å². The molecule has 1 fully saturated rings. The predicted molar refractivity (Wildman–Crippen MR) is 40.0 cm³/mol. The van der Waals surface area contributed by atoms with Crippen LogP contribution in [0.1, 0.15) is 26.2 Å². The van der Waals surface area contributed by atoms with E-state index in [0.29, 0.717) is 12.8 Å². The van der Waals surface area contributed by atoms with Crippen LogP contribution in [-0.4, -0.2) is 11.9 Å². The van der Waals surface area contributed by atoms with Crippen molar-refractivity contribution in [2.24, 2.45) is 17.8 Å². The first-order chi connectivity index (χ1) is 6.02. The molecule has 0 amide bonds. The van der Waals surface area contributed by atoms with Crippen molar-refractivity contribution in [3.05, 3.63) is 0 Å². The second kappa shape index (κ2) is 9.18. The third kappa shape index (κ3) is 6.08. The number of hydrogen-bond acceptors (Lipinski definition) is 4. The van der Waals surface area contributed by atoms with Gasteiger partial charge in [-0.05, 0) is 18.8 Å². The van der Waals surface area contributed by atoms with Crippen LogP contribution in [0.5, 0.6) is 0 Å². The Hall–Kier alpha value is 2.21. The van der Waals surface area contributed by atoms with E-state index in [1.54, 1.807) is 0 Å². The minimum Gasteiger partial charge on any atom is -0.550 e. The number of carbonyl (C=O) groups excluding carboxylic acids is 2. The van der Waals surface area contributed by atoms with E-state index in [1.165, 1.54) is 0 Å². The van der Waals surface area contributed by atoms with Crippen LogP contribution in [0.25, 0.3) is 0 Å². The molecule has 1 rings (SSSR count). The second-order valence-corrected chi connectivity index (χ2v) is 3.77. The molecule has 3 unspecified atom stereocenters. The summed E-state index contributed by atoms with van der Waals surface area (Å²) in [5, 5.41) is 21.2. The Morgan fingerprint density at radius 2 is 1.47 bits per heavy atom. The van der Waals surface area contributed by atoms with E-state index in [9.17, 15) is 19.8 Å². The van der Waals surface area contributed by atoms with Crippen LogP contribution in [-0.2, 0) is 9.59 Å². The van der Waals surface area contributed by atoms with Crippen LogP contribution in [0.2, 0.25) is 0 Å². The van der Waals surface area contributed by atoms with Gasteiger partial charge in [0.25, 0.3) is 0 Å². The Kier molecular flexibility index (Phi) is 12.0. The fourth-order valence-electron chi connectivity index (χ4n) is 1.92. The molecule has 15 heavy (non-hydrogen) atoms. The third-order valence-electron chi connectivity index (χ3n) is 2.72. The summed E-state index contributed by atoms with van der Waals surface area (Å²) in [5.74, 6) is -3.99. The molecule has 6 heteroatoms. The van der Waals surface area contributed by atoms with E-state index in [-0.39, 0.29) is 109 Å². The average Bonchev–Trinajstić information content (AvgIpc) is 2.03. The van der Waals surface area contributed by atoms with Gasteiger partial charge in [0.1, 0.15) is 0 Å². The monoisotopic (exact) mass is 262 g/mol. The predicted octanol–water partition coefficient (Wildman–Crippen LogP) is -7.45. The van der Waals surface area contributed by atoms with Crippen molar-refractivity contribution in [2.75, 3.05) is 0 Å². The zero-order chi connectivity index (χ0) is 10.0. The number of carboxylic acid groups (broad SMARTS) is 2. The quantitative estimate of drug-likeness (QED) is 0.463. The van der Waals surface area contributed by atoms with Gasteiger partial charge in [0.05, 0.1) is 0 Å². The molecular formula is C9H12K2O4. The topological polar surface area (TPSA) is 80.3 Å². The van der Waals surface area contributed by atoms with Gasteiger partial charge in [-0.25, -0.2) is 0 Å². The molecular weight excluding hydrogens is 250 g/mol. The summed E-state index contributed by atoms with van der Waals surface area (Å²) >= 11 is 0. The fraction of sp³-hybridized carbons (Fsp3) is 0.778. The first kappa shape index (κ1) is 19.6. The molecule has 3 atom stereocenters. The van der Waals surface area contributed by atoms with Crippen LogP contribution >= 0.6 is 0 Å². The van der Waals surface area contributed by atoms with Crippen molar-refractivity contribution in [2.45, 2.75) is 26.2 Å². The molecule has 0 aliphatic heterocycles. The third-order valence-corrected chi connectivity index (χ3v) is 2.72. The minimum atomic E-state index is -1.26. The minimum absolute atomic E-state index is 0. The molecule has 0 saturated heterocycles. The maximum atomic E-state index is 10.6. The van der Waals surface area contributed by atoms with Gasteiger partial charge < -0.3 is 19.8 Å². The SMILES string of the molecule is CC1CCC(C(=O)[O-])C(C(=O)[O-])C1.[K+].[K+]. The van der Waals surface area contributed by atoms with Gasteiger partial charge in [0.15, 0.2) is 0 Å². The van der Waals surface area contributed by atoms with Gasteiger partial charge in [-0.15, -0.1) is 0 Å². The summed E-state index contributed by atoms with van der Waals surface area (Å²) < 4.78 is 0. The standard InChI is InChI=1S/C9H14O4.2K/c1-5-2-3-6(8(10)11)7(4-5)9(12)13;;/h5-7H,2-4H2,1H3,(H,10,11)(H,12,13);;/q;2*+1/p-2. The van der Waals surface area contributed by atoms with E-state index >= 15 is 0 Å². The van der Waals surface area contributed by atoms with Crippen LogP contribution in [0.3, 0.4) is 0 Å². The number of carboxylic acids is 2. The average molecular weight is 262 g/mol. The molecule has 0 aromatic rings. The van der Waals surface area contributed by atoms with Crippen LogP contribution in [0.15, 0.2) is 0 Å². The summed E-state index contributed by atoms with van der Waals surface area (Å²) in [6.07, 6.45) is 1.53. The van der Waals surface area contributed by atoms with Gasteiger partial charge in [-0.3, -0.25) is 0 Å². The largest absolute Gasteiger partial charge is 1.00 e. The number of aliphatic carboxylic acids is 2. The summed E-state index contributed by atoms with van der Waals surface area (Å²) in [7, 11) is 0. The Balaban J connectivity index is 0. The van der Waals surface area contributed by atoms with Gasteiger partial charge >= 0.3 is 103 Å². The molecule has 0 radical (unpaired) electrons. The van der Waals surface area contributed by atoms with Crippen LogP contribution in [0, 0.1) is 17.8 Å². The van der Waals surface area contributed by atoms with Crippen LogP contribution < -0.4 is 113 Å². The maximum Gasteiger partial charge on any atom is 1.00 e. The first-order valence-corrected chi connectivity index (χ1v) is 4.44.